The van der Waals surface area contributed by atoms with Gasteiger partial charge in [0.2, 0.25) is 0 Å². The molecule has 0 radical (unpaired) electrons. The summed E-state index contributed by atoms with van der Waals surface area (Å²) < 4.78 is 15.6. The molecule has 2 N–H and O–H groups in total. The van der Waals surface area contributed by atoms with Crippen molar-refractivity contribution in [1.82, 2.24) is 15.1 Å². The molecule has 2 rings (SSSR count). The Labute approximate surface area is 143 Å². The van der Waals surface area contributed by atoms with Crippen LogP contribution in [0.25, 0.3) is 0 Å². The molecule has 0 saturated heterocycles. The number of halogens is 1. The van der Waals surface area contributed by atoms with Crippen molar-refractivity contribution in [2.45, 2.75) is 39.5 Å². The fourth-order valence-corrected chi connectivity index (χ4v) is 2.93. The molecule has 24 heavy (non-hydrogen) atoms. The van der Waals surface area contributed by atoms with Crippen LogP contribution in [0.1, 0.15) is 42.1 Å². The second-order valence-corrected chi connectivity index (χ2v) is 6.55. The molecule has 6 heteroatoms. The molecule has 5 nitrogen and oxygen atoms in total. The Balaban J connectivity index is 2.13. The van der Waals surface area contributed by atoms with Crippen LogP contribution in [0.4, 0.5) is 10.2 Å². The standard InChI is InChI=1S/C18H27FN4O/c1-12(2)17-15(18(22(3)4)23(5)21-17)10-20-9-13-6-7-14(11-24)16(19)8-13/h6-8,12,20,24H,9-11H2,1-5H3. The highest BCUT2D eigenvalue weighted by atomic mass is 19.1. The lowest BCUT2D eigenvalue weighted by Gasteiger charge is -2.16. The minimum atomic E-state index is -0.366. The SMILES string of the molecule is CC(C)c1nn(C)c(N(C)C)c1CNCc1ccc(CO)c(F)c1. The van der Waals surface area contributed by atoms with Gasteiger partial charge in [-0.15, -0.1) is 0 Å². The van der Waals surface area contributed by atoms with E-state index < -0.39 is 0 Å². The molecule has 0 spiro atoms. The van der Waals surface area contributed by atoms with E-state index in [1.165, 1.54) is 11.6 Å². The maximum absolute atomic E-state index is 13.7. The minimum Gasteiger partial charge on any atom is -0.392 e. The van der Waals surface area contributed by atoms with Gasteiger partial charge in [0.05, 0.1) is 12.3 Å². The van der Waals surface area contributed by atoms with Crippen molar-refractivity contribution < 1.29 is 9.50 Å². The van der Waals surface area contributed by atoms with E-state index in [1.807, 2.05) is 31.9 Å². The first-order valence-corrected chi connectivity index (χ1v) is 8.17. The van der Waals surface area contributed by atoms with E-state index in [2.05, 4.69) is 29.2 Å². The summed E-state index contributed by atoms with van der Waals surface area (Å²) in [5, 5.41) is 17.1. The van der Waals surface area contributed by atoms with Crippen LogP contribution in [0.15, 0.2) is 18.2 Å². The normalized spacial score (nSPS) is 11.3. The molecule has 0 saturated carbocycles. The van der Waals surface area contributed by atoms with Gasteiger partial charge in [-0.2, -0.15) is 5.10 Å². The smallest absolute Gasteiger partial charge is 0.130 e. The first-order chi connectivity index (χ1) is 11.3. The average molecular weight is 334 g/mol. The zero-order valence-electron chi connectivity index (χ0n) is 15.1. The largest absolute Gasteiger partial charge is 0.392 e. The molecular weight excluding hydrogens is 307 g/mol. The number of hydrogen-bond acceptors (Lipinski definition) is 4. The Morgan fingerprint density at radius 2 is 2.00 bits per heavy atom. The number of aliphatic hydroxyl groups is 1. The number of aliphatic hydroxyl groups excluding tert-OH is 1. The highest BCUT2D eigenvalue weighted by Crippen LogP contribution is 2.27. The van der Waals surface area contributed by atoms with Crippen molar-refractivity contribution in [2.24, 2.45) is 7.05 Å². The monoisotopic (exact) mass is 334 g/mol. The molecule has 0 aliphatic rings. The third-order valence-corrected chi connectivity index (χ3v) is 4.03. The third kappa shape index (κ3) is 3.94. The number of benzene rings is 1. The molecule has 0 unspecified atom stereocenters. The van der Waals surface area contributed by atoms with E-state index in [-0.39, 0.29) is 12.4 Å². The van der Waals surface area contributed by atoms with Crippen LogP contribution in [0.3, 0.4) is 0 Å². The first-order valence-electron chi connectivity index (χ1n) is 8.17. The summed E-state index contributed by atoms with van der Waals surface area (Å²) in [5.41, 5.74) is 3.43. The molecule has 0 bridgehead atoms. The first kappa shape index (κ1) is 18.4. The topological polar surface area (TPSA) is 53.3 Å². The van der Waals surface area contributed by atoms with Crippen LogP contribution in [0, 0.1) is 5.82 Å². The Morgan fingerprint density at radius 3 is 2.54 bits per heavy atom. The lowest BCUT2D eigenvalue weighted by atomic mass is 10.1. The van der Waals surface area contributed by atoms with E-state index in [0.717, 1.165) is 17.1 Å². The quantitative estimate of drug-likeness (QED) is 0.817. The number of aromatic nitrogens is 2. The maximum atomic E-state index is 13.7. The van der Waals surface area contributed by atoms with Crippen molar-refractivity contribution in [2.75, 3.05) is 19.0 Å². The van der Waals surface area contributed by atoms with Crippen molar-refractivity contribution in [3.05, 3.63) is 46.4 Å². The van der Waals surface area contributed by atoms with Crippen molar-refractivity contribution >= 4 is 5.82 Å². The molecule has 0 aliphatic carbocycles. The summed E-state index contributed by atoms with van der Waals surface area (Å²) in [4.78, 5) is 2.06. The molecule has 2 aromatic rings. The number of nitrogens with one attached hydrogen (secondary N) is 1. The number of hydrogen-bond donors (Lipinski definition) is 2. The fraction of sp³-hybridized carbons (Fsp3) is 0.500. The zero-order chi connectivity index (χ0) is 17.9. The number of anilines is 1. The second kappa shape index (κ2) is 7.77. The summed E-state index contributed by atoms with van der Waals surface area (Å²) in [6.07, 6.45) is 0. The van der Waals surface area contributed by atoms with Gasteiger partial charge in [0.15, 0.2) is 0 Å². The van der Waals surface area contributed by atoms with Crippen molar-refractivity contribution in [3.63, 3.8) is 0 Å². The Kier molecular flexibility index (Phi) is 5.96. The van der Waals surface area contributed by atoms with E-state index in [1.54, 1.807) is 6.07 Å². The molecule has 1 heterocycles. The average Bonchev–Trinajstić information content (AvgIpc) is 2.84. The van der Waals surface area contributed by atoms with E-state index >= 15 is 0 Å². The highest BCUT2D eigenvalue weighted by molar-refractivity contribution is 5.50. The van der Waals surface area contributed by atoms with Gasteiger partial charge in [-0.25, -0.2) is 4.39 Å². The number of aryl methyl sites for hydroxylation is 1. The van der Waals surface area contributed by atoms with Gasteiger partial charge in [0.1, 0.15) is 11.6 Å². The summed E-state index contributed by atoms with van der Waals surface area (Å²) in [6, 6.07) is 4.93. The summed E-state index contributed by atoms with van der Waals surface area (Å²) >= 11 is 0. The number of nitrogens with zero attached hydrogens (tertiary/aromatic N) is 3. The van der Waals surface area contributed by atoms with E-state index in [4.69, 9.17) is 5.11 Å². The summed E-state index contributed by atoms with van der Waals surface area (Å²) in [7, 11) is 5.97. The predicted octanol–water partition coefficient (Wildman–Crippen LogP) is 2.53. The van der Waals surface area contributed by atoms with Gasteiger partial charge in [-0.1, -0.05) is 26.0 Å². The molecule has 0 aliphatic heterocycles. The van der Waals surface area contributed by atoms with Crippen molar-refractivity contribution in [1.29, 1.82) is 0 Å². The van der Waals surface area contributed by atoms with Gasteiger partial charge in [-0.3, -0.25) is 4.68 Å². The highest BCUT2D eigenvalue weighted by Gasteiger charge is 2.19. The van der Waals surface area contributed by atoms with Crippen LogP contribution < -0.4 is 10.2 Å². The van der Waals surface area contributed by atoms with Gasteiger partial charge >= 0.3 is 0 Å². The van der Waals surface area contributed by atoms with Crippen molar-refractivity contribution in [3.8, 4) is 0 Å². The van der Waals surface area contributed by atoms with Crippen LogP contribution in [0.2, 0.25) is 0 Å². The molecule has 0 fully saturated rings. The van der Waals surface area contributed by atoms with E-state index in [0.29, 0.717) is 24.6 Å². The third-order valence-electron chi connectivity index (χ3n) is 4.03. The zero-order valence-corrected chi connectivity index (χ0v) is 15.1. The molecule has 132 valence electrons. The Hall–Kier alpha value is -1.92. The van der Waals surface area contributed by atoms with Gasteiger partial charge in [0.25, 0.3) is 0 Å². The van der Waals surface area contributed by atoms with Crippen LogP contribution >= 0.6 is 0 Å². The molecule has 0 atom stereocenters. The lowest BCUT2D eigenvalue weighted by Crippen LogP contribution is -2.19. The molecule has 1 aromatic carbocycles. The van der Waals surface area contributed by atoms with Gasteiger partial charge in [0, 0.05) is 45.4 Å². The lowest BCUT2D eigenvalue weighted by molar-refractivity contribution is 0.275. The van der Waals surface area contributed by atoms with Gasteiger partial charge in [-0.05, 0) is 17.5 Å². The molecular formula is C18H27FN4O. The minimum absolute atomic E-state index is 0.279. The summed E-state index contributed by atoms with van der Waals surface area (Å²) in [6.45, 7) is 5.21. The number of rotatable bonds is 7. The summed E-state index contributed by atoms with van der Waals surface area (Å²) in [5.74, 6) is 1.05. The van der Waals surface area contributed by atoms with Crippen LogP contribution in [-0.2, 0) is 26.7 Å². The fourth-order valence-electron chi connectivity index (χ4n) is 2.93. The maximum Gasteiger partial charge on any atom is 0.130 e. The Morgan fingerprint density at radius 1 is 1.29 bits per heavy atom. The second-order valence-electron chi connectivity index (χ2n) is 6.55. The van der Waals surface area contributed by atoms with E-state index in [9.17, 15) is 4.39 Å². The Bertz CT molecular complexity index is 695. The predicted molar refractivity (Wildman–Crippen MR) is 94.5 cm³/mol. The van der Waals surface area contributed by atoms with Gasteiger partial charge < -0.3 is 15.3 Å². The van der Waals surface area contributed by atoms with Crippen LogP contribution in [0.5, 0.6) is 0 Å². The van der Waals surface area contributed by atoms with Crippen LogP contribution in [-0.4, -0.2) is 29.0 Å². The molecule has 1 aromatic heterocycles. The molecule has 0 amide bonds.